The summed E-state index contributed by atoms with van der Waals surface area (Å²) in [6.45, 7) is 4.90. The summed E-state index contributed by atoms with van der Waals surface area (Å²) in [5, 5.41) is 3.29. The largest absolute Gasteiger partial charge is 0.366 e. The predicted octanol–water partition coefficient (Wildman–Crippen LogP) is 2.35. The summed E-state index contributed by atoms with van der Waals surface area (Å²) >= 11 is 0. The van der Waals surface area contributed by atoms with E-state index in [2.05, 4.69) is 34.1 Å². The Labute approximate surface area is 101 Å². The van der Waals surface area contributed by atoms with Crippen molar-refractivity contribution in [2.75, 3.05) is 5.32 Å². The van der Waals surface area contributed by atoms with E-state index in [4.69, 9.17) is 0 Å². The quantitative estimate of drug-likeness (QED) is 0.872. The first-order valence-corrected chi connectivity index (χ1v) is 5.74. The molecule has 0 fully saturated rings. The topological polar surface area (TPSA) is 50.7 Å². The third-order valence-corrected chi connectivity index (χ3v) is 2.69. The van der Waals surface area contributed by atoms with Crippen molar-refractivity contribution in [1.82, 2.24) is 15.0 Å². The first kappa shape index (κ1) is 11.5. The highest BCUT2D eigenvalue weighted by atomic mass is 15.0. The number of nitrogens with zero attached hydrogens (tertiary/aromatic N) is 3. The lowest BCUT2D eigenvalue weighted by atomic mass is 10.1. The van der Waals surface area contributed by atoms with Gasteiger partial charge < -0.3 is 5.32 Å². The van der Waals surface area contributed by atoms with Gasteiger partial charge in [-0.3, -0.25) is 4.98 Å². The van der Waals surface area contributed by atoms with Crippen LogP contribution in [-0.2, 0) is 13.0 Å². The minimum atomic E-state index is 0.736. The predicted molar refractivity (Wildman–Crippen MR) is 67.7 cm³/mol. The molecule has 2 aromatic rings. The second kappa shape index (κ2) is 5.39. The fraction of sp³-hybridized carbons (Fsp3) is 0.308. The zero-order valence-corrected chi connectivity index (χ0v) is 10.1. The second-order valence-electron chi connectivity index (χ2n) is 3.90. The summed E-state index contributed by atoms with van der Waals surface area (Å²) in [6, 6.07) is 3.99. The molecule has 0 unspecified atom stereocenters. The van der Waals surface area contributed by atoms with E-state index in [0.29, 0.717) is 0 Å². The van der Waals surface area contributed by atoms with Gasteiger partial charge in [-0.25, -0.2) is 9.97 Å². The van der Waals surface area contributed by atoms with Crippen LogP contribution in [0.5, 0.6) is 0 Å². The molecule has 0 radical (unpaired) electrons. The minimum Gasteiger partial charge on any atom is -0.366 e. The first-order chi connectivity index (χ1) is 8.29. The zero-order valence-electron chi connectivity index (χ0n) is 10.1. The highest BCUT2D eigenvalue weighted by Crippen LogP contribution is 2.09. The Morgan fingerprint density at radius 1 is 1.29 bits per heavy atom. The molecule has 1 N–H and O–H groups in total. The molecule has 0 aliphatic rings. The maximum atomic E-state index is 4.19. The minimum absolute atomic E-state index is 0.736. The average molecular weight is 228 g/mol. The molecule has 4 nitrogen and oxygen atoms in total. The third-order valence-electron chi connectivity index (χ3n) is 2.69. The summed E-state index contributed by atoms with van der Waals surface area (Å²) in [5.41, 5.74) is 3.46. The van der Waals surface area contributed by atoms with Gasteiger partial charge in [-0.1, -0.05) is 6.92 Å². The molecule has 2 aromatic heterocycles. The number of nitrogens with one attached hydrogen (secondary N) is 1. The normalized spacial score (nSPS) is 10.2. The van der Waals surface area contributed by atoms with Crippen molar-refractivity contribution in [2.24, 2.45) is 0 Å². The van der Waals surface area contributed by atoms with Crippen molar-refractivity contribution in [3.05, 3.63) is 47.7 Å². The Hall–Kier alpha value is -1.97. The Morgan fingerprint density at radius 2 is 2.18 bits per heavy atom. The summed E-state index contributed by atoms with van der Waals surface area (Å²) in [4.78, 5) is 12.5. The van der Waals surface area contributed by atoms with Crippen LogP contribution in [0.2, 0.25) is 0 Å². The summed E-state index contributed by atoms with van der Waals surface area (Å²) in [6.07, 6.45) is 6.20. The molecule has 0 aliphatic heterocycles. The molecular formula is C13H16N4. The molecular weight excluding hydrogens is 212 g/mol. The maximum Gasteiger partial charge on any atom is 0.129 e. The van der Waals surface area contributed by atoms with Gasteiger partial charge >= 0.3 is 0 Å². The van der Waals surface area contributed by atoms with Crippen LogP contribution in [-0.4, -0.2) is 15.0 Å². The monoisotopic (exact) mass is 228 g/mol. The highest BCUT2D eigenvalue weighted by Gasteiger charge is 2.00. The van der Waals surface area contributed by atoms with Gasteiger partial charge in [-0.2, -0.15) is 0 Å². The molecule has 4 heteroatoms. The Bertz CT molecular complexity index is 496. The summed E-state index contributed by atoms with van der Waals surface area (Å²) < 4.78 is 0. The van der Waals surface area contributed by atoms with Crippen molar-refractivity contribution in [3.8, 4) is 0 Å². The molecule has 2 rings (SSSR count). The van der Waals surface area contributed by atoms with Gasteiger partial charge in [-0.05, 0) is 30.5 Å². The van der Waals surface area contributed by atoms with Gasteiger partial charge in [0.15, 0.2) is 0 Å². The van der Waals surface area contributed by atoms with Crippen molar-refractivity contribution < 1.29 is 0 Å². The van der Waals surface area contributed by atoms with Crippen LogP contribution in [0.4, 0.5) is 5.82 Å². The number of aryl methyl sites for hydroxylation is 2. The van der Waals surface area contributed by atoms with E-state index in [-0.39, 0.29) is 0 Å². The van der Waals surface area contributed by atoms with Crippen LogP contribution >= 0.6 is 0 Å². The fourth-order valence-electron chi connectivity index (χ4n) is 1.56. The van der Waals surface area contributed by atoms with Crippen LogP contribution in [0.1, 0.15) is 23.7 Å². The van der Waals surface area contributed by atoms with E-state index in [1.54, 1.807) is 12.5 Å². The first-order valence-electron chi connectivity index (χ1n) is 5.74. The number of hydrogen-bond donors (Lipinski definition) is 1. The lowest BCUT2D eigenvalue weighted by Gasteiger charge is -2.08. The van der Waals surface area contributed by atoms with Gasteiger partial charge in [-0.15, -0.1) is 0 Å². The molecule has 0 saturated carbocycles. The molecule has 0 aromatic carbocycles. The number of aromatic nitrogens is 3. The molecule has 0 saturated heterocycles. The zero-order chi connectivity index (χ0) is 12.1. The number of hydrogen-bond acceptors (Lipinski definition) is 4. The maximum absolute atomic E-state index is 4.19. The van der Waals surface area contributed by atoms with Crippen LogP contribution in [0.25, 0.3) is 0 Å². The van der Waals surface area contributed by atoms with Gasteiger partial charge in [0.25, 0.3) is 0 Å². The SMILES string of the molecule is CCc1cc(NCc2cnccc2C)ncn1. The lowest BCUT2D eigenvalue weighted by Crippen LogP contribution is -2.04. The fourth-order valence-corrected chi connectivity index (χ4v) is 1.56. The van der Waals surface area contributed by atoms with Gasteiger partial charge in [0, 0.05) is 30.7 Å². The van der Waals surface area contributed by atoms with Crippen LogP contribution in [0.3, 0.4) is 0 Å². The van der Waals surface area contributed by atoms with Crippen molar-refractivity contribution in [1.29, 1.82) is 0 Å². The Kier molecular flexibility index (Phi) is 3.65. The Morgan fingerprint density at radius 3 is 2.94 bits per heavy atom. The molecule has 17 heavy (non-hydrogen) atoms. The number of rotatable bonds is 4. The average Bonchev–Trinajstić information content (AvgIpc) is 2.38. The Balaban J connectivity index is 2.05. The molecule has 2 heterocycles. The molecule has 0 atom stereocenters. The van der Waals surface area contributed by atoms with Crippen LogP contribution in [0.15, 0.2) is 30.9 Å². The van der Waals surface area contributed by atoms with Crippen LogP contribution in [0, 0.1) is 6.92 Å². The number of anilines is 1. The van der Waals surface area contributed by atoms with E-state index in [9.17, 15) is 0 Å². The molecule has 0 aliphatic carbocycles. The van der Waals surface area contributed by atoms with Gasteiger partial charge in [0.1, 0.15) is 12.1 Å². The van der Waals surface area contributed by atoms with E-state index < -0.39 is 0 Å². The standard InChI is InChI=1S/C13H16N4/c1-3-12-6-13(17-9-16-12)15-8-11-7-14-5-4-10(11)2/h4-7,9H,3,8H2,1-2H3,(H,15,16,17). The second-order valence-corrected chi connectivity index (χ2v) is 3.90. The van der Waals surface area contributed by atoms with Crippen molar-refractivity contribution in [3.63, 3.8) is 0 Å². The summed E-state index contributed by atoms with van der Waals surface area (Å²) in [5.74, 6) is 0.861. The van der Waals surface area contributed by atoms with Gasteiger partial charge in [0.2, 0.25) is 0 Å². The lowest BCUT2D eigenvalue weighted by molar-refractivity contribution is 0.982. The summed E-state index contributed by atoms with van der Waals surface area (Å²) in [7, 11) is 0. The van der Waals surface area contributed by atoms with Gasteiger partial charge in [0.05, 0.1) is 0 Å². The van der Waals surface area contributed by atoms with E-state index >= 15 is 0 Å². The third kappa shape index (κ3) is 3.00. The molecule has 0 spiro atoms. The van der Waals surface area contributed by atoms with Crippen LogP contribution < -0.4 is 5.32 Å². The van der Waals surface area contributed by atoms with Crippen molar-refractivity contribution in [2.45, 2.75) is 26.8 Å². The smallest absolute Gasteiger partial charge is 0.129 e. The van der Waals surface area contributed by atoms with Crippen molar-refractivity contribution >= 4 is 5.82 Å². The molecule has 88 valence electrons. The molecule has 0 bridgehead atoms. The van der Waals surface area contributed by atoms with E-state index in [1.165, 1.54) is 11.1 Å². The van der Waals surface area contributed by atoms with E-state index in [1.807, 2.05) is 18.3 Å². The number of pyridine rings is 1. The van der Waals surface area contributed by atoms with E-state index in [0.717, 1.165) is 24.5 Å². The highest BCUT2D eigenvalue weighted by molar-refractivity contribution is 5.36. The molecule has 0 amide bonds.